The van der Waals surface area contributed by atoms with Gasteiger partial charge >= 0.3 is 0 Å². The molecule has 1 unspecified atom stereocenters. The summed E-state index contributed by atoms with van der Waals surface area (Å²) in [6.07, 6.45) is -0.548. The number of benzene rings is 2. The lowest BCUT2D eigenvalue weighted by molar-refractivity contribution is 0.205. The van der Waals surface area contributed by atoms with Crippen molar-refractivity contribution in [1.82, 2.24) is 0 Å². The Bertz CT molecular complexity index is 547. The molecule has 100 valence electrons. The van der Waals surface area contributed by atoms with Crippen molar-refractivity contribution < 1.29 is 5.11 Å². The smallest absolute Gasteiger partial charge is 0.0900 e. The van der Waals surface area contributed by atoms with E-state index in [9.17, 15) is 5.11 Å². The number of anilines is 1. The van der Waals surface area contributed by atoms with Crippen molar-refractivity contribution in [3.05, 3.63) is 64.7 Å². The number of rotatable bonds is 5. The highest BCUT2D eigenvalue weighted by atomic mass is 35.5. The highest BCUT2D eigenvalue weighted by Crippen LogP contribution is 2.26. The zero-order valence-corrected chi connectivity index (χ0v) is 12.0. The average Bonchev–Trinajstić information content (AvgIpc) is 2.41. The number of hydrogen-bond acceptors (Lipinski definition) is 3. The van der Waals surface area contributed by atoms with Gasteiger partial charge in [0.1, 0.15) is 0 Å². The molecule has 0 aromatic heterocycles. The van der Waals surface area contributed by atoms with Crippen molar-refractivity contribution in [3.8, 4) is 0 Å². The molecule has 3 N–H and O–H groups in total. The van der Waals surface area contributed by atoms with E-state index < -0.39 is 6.10 Å². The molecule has 4 heteroatoms. The fourth-order valence-electron chi connectivity index (χ4n) is 1.80. The van der Waals surface area contributed by atoms with Crippen molar-refractivity contribution >= 4 is 29.1 Å². The lowest BCUT2D eigenvalue weighted by atomic mass is 10.1. The molecule has 0 aliphatic rings. The van der Waals surface area contributed by atoms with E-state index in [4.69, 9.17) is 17.3 Å². The van der Waals surface area contributed by atoms with E-state index in [0.717, 1.165) is 21.9 Å². The third-order valence-electron chi connectivity index (χ3n) is 2.85. The van der Waals surface area contributed by atoms with Gasteiger partial charge in [-0.1, -0.05) is 48.0 Å². The predicted octanol–water partition coefficient (Wildman–Crippen LogP) is 3.89. The van der Waals surface area contributed by atoms with Crippen LogP contribution in [0.4, 0.5) is 5.69 Å². The molecular formula is C15H16ClNOS. The first-order chi connectivity index (χ1) is 9.18. The molecule has 0 amide bonds. The van der Waals surface area contributed by atoms with Crippen molar-refractivity contribution in [1.29, 1.82) is 0 Å². The predicted molar refractivity (Wildman–Crippen MR) is 83.4 cm³/mol. The molecule has 2 aromatic rings. The topological polar surface area (TPSA) is 46.2 Å². The maximum absolute atomic E-state index is 10.1. The first-order valence-corrected chi connectivity index (χ1v) is 7.55. The largest absolute Gasteiger partial charge is 0.398 e. The SMILES string of the molecule is Nc1ccccc1C(O)CSCc1ccccc1Cl. The Kier molecular flexibility index (Phi) is 5.14. The molecule has 0 radical (unpaired) electrons. The molecule has 0 spiro atoms. The summed E-state index contributed by atoms with van der Waals surface area (Å²) in [5, 5.41) is 10.9. The van der Waals surface area contributed by atoms with Crippen molar-refractivity contribution in [2.75, 3.05) is 11.5 Å². The van der Waals surface area contributed by atoms with E-state index in [0.29, 0.717) is 11.4 Å². The summed E-state index contributed by atoms with van der Waals surface area (Å²) in [5.41, 5.74) is 8.34. The van der Waals surface area contributed by atoms with Gasteiger partial charge in [0, 0.05) is 27.8 Å². The average molecular weight is 294 g/mol. The second kappa shape index (κ2) is 6.85. The molecule has 2 aromatic carbocycles. The monoisotopic (exact) mass is 293 g/mol. The number of hydrogen-bond donors (Lipinski definition) is 2. The van der Waals surface area contributed by atoms with Crippen LogP contribution in [0.25, 0.3) is 0 Å². The molecule has 0 heterocycles. The minimum atomic E-state index is -0.548. The van der Waals surface area contributed by atoms with Gasteiger partial charge in [0.2, 0.25) is 0 Å². The van der Waals surface area contributed by atoms with Crippen LogP contribution in [-0.4, -0.2) is 10.9 Å². The molecule has 0 saturated heterocycles. The van der Waals surface area contributed by atoms with Crippen LogP contribution in [0.2, 0.25) is 5.02 Å². The Balaban J connectivity index is 1.90. The number of nitrogen functional groups attached to an aromatic ring is 1. The van der Waals surface area contributed by atoms with Gasteiger partial charge < -0.3 is 10.8 Å². The van der Waals surface area contributed by atoms with E-state index in [2.05, 4.69) is 0 Å². The van der Waals surface area contributed by atoms with Crippen LogP contribution in [0.1, 0.15) is 17.2 Å². The third-order valence-corrected chi connectivity index (χ3v) is 4.28. The van der Waals surface area contributed by atoms with Crippen LogP contribution in [0.15, 0.2) is 48.5 Å². The van der Waals surface area contributed by atoms with Crippen LogP contribution in [0.5, 0.6) is 0 Å². The van der Waals surface area contributed by atoms with Crippen molar-refractivity contribution in [2.45, 2.75) is 11.9 Å². The Morgan fingerprint density at radius 2 is 1.79 bits per heavy atom. The second-order valence-electron chi connectivity index (χ2n) is 4.25. The van der Waals surface area contributed by atoms with Gasteiger partial charge in [0.05, 0.1) is 6.10 Å². The number of nitrogens with two attached hydrogens (primary N) is 1. The number of halogens is 1. The summed E-state index contributed by atoms with van der Waals surface area (Å²) in [4.78, 5) is 0. The molecule has 0 saturated carbocycles. The number of aliphatic hydroxyl groups is 1. The molecule has 19 heavy (non-hydrogen) atoms. The fourth-order valence-corrected chi connectivity index (χ4v) is 3.07. The standard InChI is InChI=1S/C15H16ClNOS/c16-13-7-3-1-5-11(13)9-19-10-15(18)12-6-2-4-8-14(12)17/h1-8,15,18H,9-10,17H2. The van der Waals surface area contributed by atoms with E-state index in [-0.39, 0.29) is 0 Å². The lowest BCUT2D eigenvalue weighted by Gasteiger charge is -2.13. The van der Waals surface area contributed by atoms with E-state index in [1.807, 2.05) is 42.5 Å². The maximum Gasteiger partial charge on any atom is 0.0900 e. The molecule has 0 aliphatic carbocycles. The summed E-state index contributed by atoms with van der Waals surface area (Å²) in [5.74, 6) is 1.38. The first kappa shape index (κ1) is 14.3. The van der Waals surface area contributed by atoms with E-state index in [1.54, 1.807) is 17.8 Å². The summed E-state index contributed by atoms with van der Waals surface area (Å²) < 4.78 is 0. The summed E-state index contributed by atoms with van der Waals surface area (Å²) in [6, 6.07) is 15.2. The van der Waals surface area contributed by atoms with E-state index >= 15 is 0 Å². The Hall–Kier alpha value is -1.16. The van der Waals surface area contributed by atoms with E-state index in [1.165, 1.54) is 0 Å². The minimum Gasteiger partial charge on any atom is -0.398 e. The van der Waals surface area contributed by atoms with Gasteiger partial charge in [-0.3, -0.25) is 0 Å². The second-order valence-corrected chi connectivity index (χ2v) is 5.69. The van der Waals surface area contributed by atoms with Crippen molar-refractivity contribution in [2.24, 2.45) is 0 Å². The summed E-state index contributed by atoms with van der Waals surface area (Å²) in [6.45, 7) is 0. The third kappa shape index (κ3) is 3.90. The van der Waals surface area contributed by atoms with Crippen molar-refractivity contribution in [3.63, 3.8) is 0 Å². The van der Waals surface area contributed by atoms with Crippen LogP contribution < -0.4 is 5.73 Å². The van der Waals surface area contributed by atoms with Crippen LogP contribution >= 0.6 is 23.4 Å². The molecular weight excluding hydrogens is 278 g/mol. The van der Waals surface area contributed by atoms with Gasteiger partial charge in [0.25, 0.3) is 0 Å². The normalized spacial score (nSPS) is 12.3. The number of para-hydroxylation sites is 1. The molecule has 2 rings (SSSR count). The van der Waals surface area contributed by atoms with Crippen LogP contribution in [-0.2, 0) is 5.75 Å². The molecule has 0 fully saturated rings. The zero-order chi connectivity index (χ0) is 13.7. The number of aliphatic hydroxyl groups excluding tert-OH is 1. The molecule has 0 bridgehead atoms. The van der Waals surface area contributed by atoms with Crippen LogP contribution in [0.3, 0.4) is 0 Å². The first-order valence-electron chi connectivity index (χ1n) is 6.02. The lowest BCUT2D eigenvalue weighted by Crippen LogP contribution is -2.04. The highest BCUT2D eigenvalue weighted by molar-refractivity contribution is 7.98. The Morgan fingerprint density at radius 3 is 2.53 bits per heavy atom. The molecule has 0 aliphatic heterocycles. The van der Waals surface area contributed by atoms with Gasteiger partial charge in [-0.25, -0.2) is 0 Å². The summed E-state index contributed by atoms with van der Waals surface area (Å²) >= 11 is 7.73. The molecule has 2 nitrogen and oxygen atoms in total. The maximum atomic E-state index is 10.1. The van der Waals surface area contributed by atoms with Gasteiger partial charge in [0.15, 0.2) is 0 Å². The van der Waals surface area contributed by atoms with Crippen LogP contribution in [0, 0.1) is 0 Å². The fraction of sp³-hybridized carbons (Fsp3) is 0.200. The quantitative estimate of drug-likeness (QED) is 0.822. The summed E-state index contributed by atoms with van der Waals surface area (Å²) in [7, 11) is 0. The Morgan fingerprint density at radius 1 is 1.11 bits per heavy atom. The molecule has 1 atom stereocenters. The van der Waals surface area contributed by atoms with Gasteiger partial charge in [-0.05, 0) is 17.7 Å². The van der Waals surface area contributed by atoms with Gasteiger partial charge in [-0.15, -0.1) is 0 Å². The zero-order valence-electron chi connectivity index (χ0n) is 10.4. The van der Waals surface area contributed by atoms with Gasteiger partial charge in [-0.2, -0.15) is 11.8 Å². The Labute approximate surface area is 122 Å². The highest BCUT2D eigenvalue weighted by Gasteiger charge is 2.10. The minimum absolute atomic E-state index is 0.548. The number of thioether (sulfide) groups is 1.